The third-order valence-corrected chi connectivity index (χ3v) is 5.31. The predicted octanol–water partition coefficient (Wildman–Crippen LogP) is 5.03. The van der Waals surface area contributed by atoms with E-state index in [4.69, 9.17) is 51.8 Å². The van der Waals surface area contributed by atoms with Crippen molar-refractivity contribution in [3.63, 3.8) is 0 Å². The molecule has 1 atom stereocenters. The second-order valence-corrected chi connectivity index (χ2v) is 9.96. The molecule has 29 heavy (non-hydrogen) atoms. The van der Waals surface area contributed by atoms with E-state index in [-0.39, 0.29) is 11.7 Å². The van der Waals surface area contributed by atoms with Gasteiger partial charge in [0.1, 0.15) is 11.9 Å². The van der Waals surface area contributed by atoms with Gasteiger partial charge in [-0.15, -0.1) is 0 Å². The summed E-state index contributed by atoms with van der Waals surface area (Å²) in [4.78, 5) is 12.3. The maximum Gasteiger partial charge on any atom is 0.259 e. The number of aryl methyl sites for hydroxylation is 1. The van der Waals surface area contributed by atoms with Crippen LogP contribution in [0.1, 0.15) is 12.5 Å². The Balaban J connectivity index is 1.90. The number of carbonyl (C=O) groups is 1. The lowest BCUT2D eigenvalue weighted by atomic mass is 10.2. The molecule has 0 fully saturated rings. The average molecular weight is 587 g/mol. The van der Waals surface area contributed by atoms with Gasteiger partial charge in [-0.25, -0.2) is 0 Å². The van der Waals surface area contributed by atoms with Gasteiger partial charge < -0.3 is 20.7 Å². The van der Waals surface area contributed by atoms with Gasteiger partial charge in [0.2, 0.25) is 3.79 Å². The van der Waals surface area contributed by atoms with Gasteiger partial charge in [0.15, 0.2) is 11.7 Å². The van der Waals surface area contributed by atoms with Gasteiger partial charge in [0, 0.05) is 9.26 Å². The van der Waals surface area contributed by atoms with E-state index in [2.05, 4.69) is 45.5 Å². The van der Waals surface area contributed by atoms with Crippen LogP contribution in [0.5, 0.6) is 5.75 Å². The Kier molecular flexibility index (Phi) is 9.55. The Hall–Kier alpha value is -1.000. The van der Waals surface area contributed by atoms with Crippen LogP contribution in [0.4, 0.5) is 5.69 Å². The van der Waals surface area contributed by atoms with Gasteiger partial charge in [-0.3, -0.25) is 4.79 Å². The van der Waals surface area contributed by atoms with Crippen LogP contribution in [0.25, 0.3) is 0 Å². The molecular weight excluding hydrogens is 568 g/mol. The first-order chi connectivity index (χ1) is 13.7. The number of hydrogen-bond donors (Lipinski definition) is 3. The van der Waals surface area contributed by atoms with Crippen molar-refractivity contribution in [2.24, 2.45) is 0 Å². The third kappa shape index (κ3) is 8.72. The van der Waals surface area contributed by atoms with E-state index >= 15 is 0 Å². The molecule has 0 spiro atoms. The van der Waals surface area contributed by atoms with Crippen molar-refractivity contribution in [3.05, 3.63) is 57.7 Å². The predicted molar refractivity (Wildman–Crippen MR) is 132 cm³/mol. The summed E-state index contributed by atoms with van der Waals surface area (Å²) in [7, 11) is 0. The van der Waals surface area contributed by atoms with Gasteiger partial charge in [-0.1, -0.05) is 53.9 Å². The summed E-state index contributed by atoms with van der Waals surface area (Å²) in [5.74, 6) is 0.108. The van der Waals surface area contributed by atoms with Crippen LogP contribution in [0.3, 0.4) is 0 Å². The van der Waals surface area contributed by atoms with Crippen molar-refractivity contribution in [1.29, 1.82) is 0 Å². The van der Waals surface area contributed by atoms with Crippen molar-refractivity contribution >= 4 is 86.3 Å². The fraction of sp³-hybridized carbons (Fsp3) is 0.263. The van der Waals surface area contributed by atoms with Gasteiger partial charge in [-0.2, -0.15) is 0 Å². The number of halogens is 4. The molecule has 0 saturated heterocycles. The molecule has 0 aliphatic rings. The van der Waals surface area contributed by atoms with E-state index in [0.717, 1.165) is 15.7 Å². The maximum absolute atomic E-state index is 12.3. The molecule has 2 aromatic carbocycles. The van der Waals surface area contributed by atoms with Crippen LogP contribution in [-0.4, -0.2) is 27.6 Å². The second kappa shape index (κ2) is 11.4. The van der Waals surface area contributed by atoms with Crippen molar-refractivity contribution in [3.8, 4) is 5.75 Å². The number of nitrogens with one attached hydrogen (secondary N) is 3. The first-order valence-electron chi connectivity index (χ1n) is 8.58. The van der Waals surface area contributed by atoms with Crippen molar-refractivity contribution < 1.29 is 9.53 Å². The normalized spacial score (nSPS) is 12.0. The molecule has 156 valence electrons. The Morgan fingerprint density at radius 2 is 1.72 bits per heavy atom. The third-order valence-electron chi connectivity index (χ3n) is 3.71. The van der Waals surface area contributed by atoms with E-state index in [1.807, 2.05) is 36.4 Å². The van der Waals surface area contributed by atoms with Crippen LogP contribution in [-0.2, 0) is 11.2 Å². The zero-order valence-electron chi connectivity index (χ0n) is 15.3. The fourth-order valence-corrected chi connectivity index (χ4v) is 3.13. The number of benzene rings is 2. The molecule has 0 radical (unpaired) electrons. The zero-order valence-corrected chi connectivity index (χ0v) is 20.6. The molecule has 0 saturated carbocycles. The molecule has 10 heteroatoms. The molecule has 1 amide bonds. The second-order valence-electron chi connectivity index (χ2n) is 5.93. The Labute approximate surface area is 203 Å². The summed E-state index contributed by atoms with van der Waals surface area (Å²) in [6.45, 7) is 1.83. The van der Waals surface area contributed by atoms with Gasteiger partial charge in [0.25, 0.3) is 5.91 Å². The number of ether oxygens (including phenoxy) is 1. The highest BCUT2D eigenvalue weighted by atomic mass is 127. The highest BCUT2D eigenvalue weighted by molar-refractivity contribution is 14.1. The van der Waals surface area contributed by atoms with Gasteiger partial charge in [-0.05, 0) is 83.2 Å². The standard InChI is InChI=1S/C19H19Cl3IN3O2S/c1-2-12-3-9-15(10-4-12)28-11-16(27)25-17(19(20,21)22)26-18(29)24-14-7-5-13(23)6-8-14/h3-10,17H,2,11H2,1H3,(H,25,27)(H2,24,26,29)/t17-/m0/s1. The summed E-state index contributed by atoms with van der Waals surface area (Å²) >= 11 is 25.4. The highest BCUT2D eigenvalue weighted by Gasteiger charge is 2.34. The Bertz CT molecular complexity index is 830. The van der Waals surface area contributed by atoms with E-state index in [0.29, 0.717) is 5.75 Å². The summed E-state index contributed by atoms with van der Waals surface area (Å²) < 4.78 is 4.72. The highest BCUT2D eigenvalue weighted by Crippen LogP contribution is 2.29. The number of amides is 1. The first-order valence-corrected chi connectivity index (χ1v) is 11.2. The molecule has 0 aliphatic carbocycles. The minimum atomic E-state index is -1.84. The van der Waals surface area contributed by atoms with E-state index < -0.39 is 15.9 Å². The molecule has 0 aliphatic heterocycles. The maximum atomic E-state index is 12.3. The molecule has 3 N–H and O–H groups in total. The summed E-state index contributed by atoms with van der Waals surface area (Å²) in [6, 6.07) is 15.0. The van der Waals surface area contributed by atoms with Crippen molar-refractivity contribution in [2.45, 2.75) is 23.3 Å². The lowest BCUT2D eigenvalue weighted by Crippen LogP contribution is -2.56. The number of carbonyl (C=O) groups excluding carboxylic acids is 1. The van der Waals surface area contributed by atoms with E-state index in [1.54, 1.807) is 12.1 Å². The lowest BCUT2D eigenvalue weighted by molar-refractivity contribution is -0.123. The quantitative estimate of drug-likeness (QED) is 0.184. The molecule has 0 heterocycles. The van der Waals surface area contributed by atoms with Crippen LogP contribution >= 0.6 is 69.6 Å². The zero-order chi connectivity index (χ0) is 21.4. The first kappa shape index (κ1) is 24.3. The van der Waals surface area contributed by atoms with Gasteiger partial charge in [0.05, 0.1) is 0 Å². The number of alkyl halides is 3. The Morgan fingerprint density at radius 1 is 1.10 bits per heavy atom. The molecular formula is C19H19Cl3IN3O2S. The number of anilines is 1. The van der Waals surface area contributed by atoms with E-state index in [9.17, 15) is 4.79 Å². The van der Waals surface area contributed by atoms with Crippen LogP contribution in [0.15, 0.2) is 48.5 Å². The monoisotopic (exact) mass is 585 g/mol. The van der Waals surface area contributed by atoms with Crippen molar-refractivity contribution in [2.75, 3.05) is 11.9 Å². The fourth-order valence-electron chi connectivity index (χ4n) is 2.20. The van der Waals surface area contributed by atoms with Crippen LogP contribution < -0.4 is 20.7 Å². The number of thiocarbonyl (C=S) groups is 1. The number of hydrogen-bond acceptors (Lipinski definition) is 3. The summed E-state index contributed by atoms with van der Waals surface area (Å²) in [5, 5.41) is 8.54. The topological polar surface area (TPSA) is 62.4 Å². The van der Waals surface area contributed by atoms with Crippen LogP contribution in [0, 0.1) is 3.57 Å². The smallest absolute Gasteiger partial charge is 0.259 e. The van der Waals surface area contributed by atoms with E-state index in [1.165, 1.54) is 5.56 Å². The molecule has 0 aromatic heterocycles. The molecule has 2 aromatic rings. The lowest BCUT2D eigenvalue weighted by Gasteiger charge is -2.27. The molecule has 0 bridgehead atoms. The average Bonchev–Trinajstić information content (AvgIpc) is 2.67. The summed E-state index contributed by atoms with van der Waals surface area (Å²) in [6.07, 6.45) is -0.136. The summed E-state index contributed by atoms with van der Waals surface area (Å²) in [5.41, 5.74) is 1.94. The largest absolute Gasteiger partial charge is 0.484 e. The van der Waals surface area contributed by atoms with Crippen LogP contribution in [0.2, 0.25) is 0 Å². The van der Waals surface area contributed by atoms with Gasteiger partial charge >= 0.3 is 0 Å². The number of rotatable bonds is 7. The molecule has 5 nitrogen and oxygen atoms in total. The minimum absolute atomic E-state index is 0.193. The molecule has 0 unspecified atom stereocenters. The SMILES string of the molecule is CCc1ccc(OCC(=O)N[C@@H](NC(=S)Nc2ccc(I)cc2)C(Cl)(Cl)Cl)cc1. The van der Waals surface area contributed by atoms with Crippen molar-refractivity contribution in [1.82, 2.24) is 10.6 Å². The molecule has 2 rings (SSSR count). The Morgan fingerprint density at radius 3 is 2.28 bits per heavy atom. The minimum Gasteiger partial charge on any atom is -0.484 e.